The highest BCUT2D eigenvalue weighted by Crippen LogP contribution is 2.44. The van der Waals surface area contributed by atoms with Crippen molar-refractivity contribution in [2.24, 2.45) is 0 Å². The SMILES string of the molecule is CCC1(c2ccccc2C2(CC)COC2)COC1. The van der Waals surface area contributed by atoms with Gasteiger partial charge in [0, 0.05) is 10.8 Å². The van der Waals surface area contributed by atoms with Crippen molar-refractivity contribution in [1.82, 2.24) is 0 Å². The van der Waals surface area contributed by atoms with Gasteiger partial charge in [-0.3, -0.25) is 0 Å². The van der Waals surface area contributed by atoms with E-state index in [9.17, 15) is 0 Å². The third-order valence-electron chi connectivity index (χ3n) is 4.94. The smallest absolute Gasteiger partial charge is 0.0585 e. The molecule has 0 spiro atoms. The zero-order chi connectivity index (χ0) is 12.6. The minimum atomic E-state index is 0.258. The van der Waals surface area contributed by atoms with E-state index in [-0.39, 0.29) is 10.8 Å². The second kappa shape index (κ2) is 4.36. The fourth-order valence-corrected chi connectivity index (χ4v) is 3.21. The first-order chi connectivity index (χ1) is 8.76. The van der Waals surface area contributed by atoms with Gasteiger partial charge in [-0.15, -0.1) is 0 Å². The second-order valence-electron chi connectivity index (χ2n) is 5.80. The molecule has 2 heteroatoms. The predicted molar refractivity (Wildman–Crippen MR) is 72.0 cm³/mol. The standard InChI is InChI=1S/C16H22O2/c1-3-15(9-17-10-15)13-7-5-6-8-14(13)16(4-2)11-18-12-16/h5-8H,3-4,9-12H2,1-2H3. The summed E-state index contributed by atoms with van der Waals surface area (Å²) in [4.78, 5) is 0. The molecule has 2 aliphatic heterocycles. The second-order valence-corrected chi connectivity index (χ2v) is 5.80. The Labute approximate surface area is 109 Å². The predicted octanol–water partition coefficient (Wildman–Crippen LogP) is 3.04. The Kier molecular flexibility index (Phi) is 2.95. The van der Waals surface area contributed by atoms with Crippen molar-refractivity contribution < 1.29 is 9.47 Å². The lowest BCUT2D eigenvalue weighted by Gasteiger charge is -2.48. The average Bonchev–Trinajstić information content (AvgIpc) is 2.30. The van der Waals surface area contributed by atoms with Crippen molar-refractivity contribution in [3.8, 4) is 0 Å². The molecule has 2 fully saturated rings. The van der Waals surface area contributed by atoms with Crippen LogP contribution in [0.15, 0.2) is 24.3 Å². The molecule has 2 heterocycles. The van der Waals surface area contributed by atoms with Crippen LogP contribution in [0.1, 0.15) is 37.8 Å². The van der Waals surface area contributed by atoms with Crippen LogP contribution in [0.2, 0.25) is 0 Å². The van der Waals surface area contributed by atoms with Crippen LogP contribution in [-0.4, -0.2) is 26.4 Å². The third-order valence-corrected chi connectivity index (χ3v) is 4.94. The summed E-state index contributed by atoms with van der Waals surface area (Å²) in [5, 5.41) is 0. The summed E-state index contributed by atoms with van der Waals surface area (Å²) in [7, 11) is 0. The van der Waals surface area contributed by atoms with E-state index >= 15 is 0 Å². The Balaban J connectivity index is 2.05. The van der Waals surface area contributed by atoms with Crippen molar-refractivity contribution in [3.05, 3.63) is 35.4 Å². The first-order valence-corrected chi connectivity index (χ1v) is 7.02. The average molecular weight is 246 g/mol. The van der Waals surface area contributed by atoms with Gasteiger partial charge in [0.2, 0.25) is 0 Å². The number of rotatable bonds is 4. The van der Waals surface area contributed by atoms with Crippen molar-refractivity contribution >= 4 is 0 Å². The molecular formula is C16H22O2. The Morgan fingerprint density at radius 3 is 1.44 bits per heavy atom. The molecule has 1 aromatic carbocycles. The normalized spacial score (nSPS) is 24.1. The highest BCUT2D eigenvalue weighted by molar-refractivity contribution is 5.42. The highest BCUT2D eigenvalue weighted by Gasteiger charge is 2.46. The molecule has 18 heavy (non-hydrogen) atoms. The number of benzene rings is 1. The molecule has 0 radical (unpaired) electrons. The van der Waals surface area contributed by atoms with Crippen molar-refractivity contribution in [2.75, 3.05) is 26.4 Å². The van der Waals surface area contributed by atoms with E-state index in [0.29, 0.717) is 0 Å². The molecule has 0 saturated carbocycles. The lowest BCUT2D eigenvalue weighted by atomic mass is 9.66. The molecule has 2 aliphatic rings. The molecule has 2 saturated heterocycles. The molecule has 0 N–H and O–H groups in total. The molecule has 3 rings (SSSR count). The highest BCUT2D eigenvalue weighted by atomic mass is 16.5. The summed E-state index contributed by atoms with van der Waals surface area (Å²) in [6.45, 7) is 8.05. The summed E-state index contributed by atoms with van der Waals surface area (Å²) < 4.78 is 11.0. The van der Waals surface area contributed by atoms with Gasteiger partial charge >= 0.3 is 0 Å². The topological polar surface area (TPSA) is 18.5 Å². The van der Waals surface area contributed by atoms with Gasteiger partial charge in [-0.05, 0) is 24.0 Å². The maximum Gasteiger partial charge on any atom is 0.0585 e. The molecule has 0 aromatic heterocycles. The molecule has 0 bridgehead atoms. The maximum absolute atomic E-state index is 5.51. The number of ether oxygens (including phenoxy) is 2. The molecule has 0 aliphatic carbocycles. The quantitative estimate of drug-likeness (QED) is 0.813. The fourth-order valence-electron chi connectivity index (χ4n) is 3.21. The van der Waals surface area contributed by atoms with Crippen LogP contribution < -0.4 is 0 Å². The van der Waals surface area contributed by atoms with Crippen LogP contribution in [0.5, 0.6) is 0 Å². The minimum Gasteiger partial charge on any atom is -0.379 e. The van der Waals surface area contributed by atoms with E-state index in [1.165, 1.54) is 11.1 Å². The van der Waals surface area contributed by atoms with Gasteiger partial charge in [0.1, 0.15) is 0 Å². The Morgan fingerprint density at radius 1 is 0.833 bits per heavy atom. The van der Waals surface area contributed by atoms with Crippen LogP contribution in [0, 0.1) is 0 Å². The van der Waals surface area contributed by atoms with Gasteiger partial charge < -0.3 is 9.47 Å². The Bertz CT molecular complexity index is 378. The number of hydrogen-bond acceptors (Lipinski definition) is 2. The molecule has 0 unspecified atom stereocenters. The first kappa shape index (κ1) is 12.2. The zero-order valence-corrected chi connectivity index (χ0v) is 11.4. The van der Waals surface area contributed by atoms with Gasteiger partial charge in [-0.1, -0.05) is 38.1 Å². The molecular weight excluding hydrogens is 224 g/mol. The summed E-state index contributed by atoms with van der Waals surface area (Å²) in [6, 6.07) is 8.93. The molecule has 2 nitrogen and oxygen atoms in total. The molecule has 0 atom stereocenters. The van der Waals surface area contributed by atoms with Gasteiger partial charge in [-0.2, -0.15) is 0 Å². The van der Waals surface area contributed by atoms with E-state index in [0.717, 1.165) is 39.3 Å². The van der Waals surface area contributed by atoms with E-state index in [1.54, 1.807) is 0 Å². The first-order valence-electron chi connectivity index (χ1n) is 7.02. The van der Waals surface area contributed by atoms with Gasteiger partial charge in [-0.25, -0.2) is 0 Å². The number of hydrogen-bond donors (Lipinski definition) is 0. The van der Waals surface area contributed by atoms with Crippen molar-refractivity contribution in [1.29, 1.82) is 0 Å². The van der Waals surface area contributed by atoms with Gasteiger partial charge in [0.05, 0.1) is 26.4 Å². The minimum absolute atomic E-state index is 0.258. The largest absolute Gasteiger partial charge is 0.379 e. The monoisotopic (exact) mass is 246 g/mol. The van der Waals surface area contributed by atoms with E-state index in [1.807, 2.05) is 0 Å². The van der Waals surface area contributed by atoms with Gasteiger partial charge in [0.15, 0.2) is 0 Å². The fraction of sp³-hybridized carbons (Fsp3) is 0.625. The molecule has 0 amide bonds. The third kappa shape index (κ3) is 1.55. The summed E-state index contributed by atoms with van der Waals surface area (Å²) >= 11 is 0. The summed E-state index contributed by atoms with van der Waals surface area (Å²) in [5.41, 5.74) is 3.52. The van der Waals surface area contributed by atoms with Crippen LogP contribution in [-0.2, 0) is 20.3 Å². The van der Waals surface area contributed by atoms with E-state index in [4.69, 9.17) is 9.47 Å². The van der Waals surface area contributed by atoms with Crippen molar-refractivity contribution in [3.63, 3.8) is 0 Å². The zero-order valence-electron chi connectivity index (χ0n) is 11.4. The van der Waals surface area contributed by atoms with Crippen molar-refractivity contribution in [2.45, 2.75) is 37.5 Å². The van der Waals surface area contributed by atoms with Crippen LogP contribution >= 0.6 is 0 Å². The van der Waals surface area contributed by atoms with Crippen LogP contribution in [0.3, 0.4) is 0 Å². The molecule has 1 aromatic rings. The van der Waals surface area contributed by atoms with E-state index < -0.39 is 0 Å². The summed E-state index contributed by atoms with van der Waals surface area (Å²) in [5.74, 6) is 0. The van der Waals surface area contributed by atoms with Gasteiger partial charge in [0.25, 0.3) is 0 Å². The molecule has 98 valence electrons. The lowest BCUT2D eigenvalue weighted by molar-refractivity contribution is -0.0755. The van der Waals surface area contributed by atoms with E-state index in [2.05, 4.69) is 38.1 Å². The Hall–Kier alpha value is -0.860. The van der Waals surface area contributed by atoms with Crippen LogP contribution in [0.4, 0.5) is 0 Å². The van der Waals surface area contributed by atoms with Crippen LogP contribution in [0.25, 0.3) is 0 Å². The lowest BCUT2D eigenvalue weighted by Crippen LogP contribution is -2.52. The maximum atomic E-state index is 5.51. The Morgan fingerprint density at radius 2 is 1.22 bits per heavy atom. The summed E-state index contributed by atoms with van der Waals surface area (Å²) in [6.07, 6.45) is 2.31.